The van der Waals surface area contributed by atoms with Gasteiger partial charge in [-0.3, -0.25) is 20.1 Å². The maximum absolute atomic E-state index is 13.1. The van der Waals surface area contributed by atoms with Crippen LogP contribution in [-0.4, -0.2) is 41.0 Å². The molecule has 2 aliphatic rings. The standard InChI is InChI=1S/C25H32ClN5O2/c1-24(2,3)20-9-8-16(15-28-20)29-19-7-5-6-18(22(19)26)25(4)14-21(32)31(23(27)30-25)17-10-12-33-13-11-17/h5-9,15,17,29H,10-14H2,1-4H3,(H2,27,30)/t25-/m0/s1. The Morgan fingerprint density at radius 1 is 1.24 bits per heavy atom. The van der Waals surface area contributed by atoms with Gasteiger partial charge in [0, 0.05) is 30.4 Å². The molecule has 4 rings (SSSR count). The van der Waals surface area contributed by atoms with Crippen molar-refractivity contribution in [2.24, 2.45) is 0 Å². The van der Waals surface area contributed by atoms with E-state index in [0.717, 1.165) is 35.5 Å². The lowest BCUT2D eigenvalue weighted by molar-refractivity contribution is -0.133. The number of carbonyl (C=O) groups excluding carboxylic acids is 1. The van der Waals surface area contributed by atoms with Gasteiger partial charge in [-0.25, -0.2) is 0 Å². The number of rotatable bonds is 4. The molecular weight excluding hydrogens is 438 g/mol. The number of amides is 1. The van der Waals surface area contributed by atoms with Crippen LogP contribution >= 0.6 is 11.6 Å². The Morgan fingerprint density at radius 2 is 1.97 bits per heavy atom. The first-order valence-corrected chi connectivity index (χ1v) is 11.8. The summed E-state index contributed by atoms with van der Waals surface area (Å²) in [5.74, 6) is 0.0570. The molecule has 0 saturated carbocycles. The van der Waals surface area contributed by atoms with Crippen LogP contribution in [0.15, 0.2) is 36.5 Å². The average Bonchev–Trinajstić information content (AvgIpc) is 2.75. The second-order valence-electron chi connectivity index (χ2n) is 10.1. The SMILES string of the molecule is CC(C)(C)c1ccc(Nc2cccc([C@]3(C)CC(=O)N(C4CCOCC4)C(=N)N3)c2Cl)cn1. The third kappa shape index (κ3) is 4.84. The Morgan fingerprint density at radius 3 is 2.58 bits per heavy atom. The molecular formula is C25H32ClN5O2. The highest BCUT2D eigenvalue weighted by Gasteiger charge is 2.43. The third-order valence-corrected chi connectivity index (χ3v) is 6.78. The molecule has 176 valence electrons. The zero-order chi connectivity index (χ0) is 23.8. The normalized spacial score (nSPS) is 22.3. The molecule has 0 spiro atoms. The molecule has 7 nitrogen and oxygen atoms in total. The lowest BCUT2D eigenvalue weighted by Gasteiger charge is -2.45. The third-order valence-electron chi connectivity index (χ3n) is 6.37. The van der Waals surface area contributed by atoms with E-state index < -0.39 is 5.54 Å². The quantitative estimate of drug-likeness (QED) is 0.590. The van der Waals surface area contributed by atoms with Gasteiger partial charge in [-0.15, -0.1) is 0 Å². The van der Waals surface area contributed by atoms with Crippen LogP contribution in [0.5, 0.6) is 0 Å². The lowest BCUT2D eigenvalue weighted by Crippen LogP contribution is -2.62. The highest BCUT2D eigenvalue weighted by atomic mass is 35.5. The number of carbonyl (C=O) groups is 1. The summed E-state index contributed by atoms with van der Waals surface area (Å²) in [4.78, 5) is 19.3. The van der Waals surface area contributed by atoms with Crippen molar-refractivity contribution in [3.8, 4) is 0 Å². The fraction of sp³-hybridized carbons (Fsp3) is 0.480. The highest BCUT2D eigenvalue weighted by Crippen LogP contribution is 2.39. The van der Waals surface area contributed by atoms with Crippen molar-refractivity contribution >= 4 is 34.8 Å². The number of hydrogen-bond acceptors (Lipinski definition) is 5. The molecule has 0 aliphatic carbocycles. The highest BCUT2D eigenvalue weighted by molar-refractivity contribution is 6.34. The molecule has 2 aromatic rings. The molecule has 2 saturated heterocycles. The second kappa shape index (κ2) is 8.95. The first kappa shape index (κ1) is 23.5. The molecule has 0 radical (unpaired) electrons. The maximum atomic E-state index is 13.1. The number of pyridine rings is 1. The van der Waals surface area contributed by atoms with Crippen LogP contribution in [0.2, 0.25) is 5.02 Å². The molecule has 3 heterocycles. The zero-order valence-corrected chi connectivity index (χ0v) is 20.4. The van der Waals surface area contributed by atoms with Crippen LogP contribution in [0.4, 0.5) is 11.4 Å². The Labute approximate surface area is 200 Å². The van der Waals surface area contributed by atoms with Gasteiger partial charge in [0.2, 0.25) is 5.91 Å². The van der Waals surface area contributed by atoms with Crippen molar-refractivity contribution in [1.29, 1.82) is 5.41 Å². The second-order valence-corrected chi connectivity index (χ2v) is 10.4. The van der Waals surface area contributed by atoms with E-state index in [4.69, 9.17) is 21.7 Å². The molecule has 33 heavy (non-hydrogen) atoms. The largest absolute Gasteiger partial charge is 0.381 e. The number of halogens is 1. The Hall–Kier alpha value is -2.64. The Bertz CT molecular complexity index is 1020. The maximum Gasteiger partial charge on any atom is 0.232 e. The number of benzene rings is 1. The van der Waals surface area contributed by atoms with E-state index in [2.05, 4.69) is 36.4 Å². The number of anilines is 2. The monoisotopic (exact) mass is 469 g/mol. The van der Waals surface area contributed by atoms with Crippen LogP contribution in [0.3, 0.4) is 0 Å². The fourth-order valence-electron chi connectivity index (χ4n) is 4.49. The predicted octanol–water partition coefficient (Wildman–Crippen LogP) is 4.93. The minimum atomic E-state index is -0.779. The van der Waals surface area contributed by atoms with E-state index in [0.29, 0.717) is 18.2 Å². The summed E-state index contributed by atoms with van der Waals surface area (Å²) in [6.45, 7) is 9.54. The topological polar surface area (TPSA) is 90.3 Å². The number of guanidine groups is 1. The molecule has 1 atom stereocenters. The number of nitrogens with one attached hydrogen (secondary N) is 3. The molecule has 1 aromatic carbocycles. The average molecular weight is 470 g/mol. The van der Waals surface area contributed by atoms with Gasteiger partial charge in [0.1, 0.15) is 0 Å². The van der Waals surface area contributed by atoms with Gasteiger partial charge in [-0.05, 0) is 43.5 Å². The first-order valence-electron chi connectivity index (χ1n) is 11.4. The molecule has 2 aliphatic heterocycles. The molecule has 1 amide bonds. The Kier molecular flexibility index (Phi) is 6.38. The van der Waals surface area contributed by atoms with Gasteiger partial charge >= 0.3 is 0 Å². The van der Waals surface area contributed by atoms with Crippen LogP contribution < -0.4 is 10.6 Å². The lowest BCUT2D eigenvalue weighted by atomic mass is 9.85. The van der Waals surface area contributed by atoms with Crippen molar-refractivity contribution in [2.45, 2.75) is 64.0 Å². The molecule has 1 aromatic heterocycles. The molecule has 0 bridgehead atoms. The van der Waals surface area contributed by atoms with Crippen molar-refractivity contribution in [2.75, 3.05) is 18.5 Å². The van der Waals surface area contributed by atoms with Crippen molar-refractivity contribution < 1.29 is 9.53 Å². The van der Waals surface area contributed by atoms with Gasteiger partial charge in [-0.1, -0.05) is 44.5 Å². The summed E-state index contributed by atoms with van der Waals surface area (Å²) in [7, 11) is 0. The summed E-state index contributed by atoms with van der Waals surface area (Å²) in [5.41, 5.74) is 2.55. The Balaban J connectivity index is 1.55. The van der Waals surface area contributed by atoms with Crippen LogP contribution in [0.1, 0.15) is 58.2 Å². The van der Waals surface area contributed by atoms with Gasteiger partial charge in [-0.2, -0.15) is 0 Å². The van der Waals surface area contributed by atoms with Gasteiger partial charge < -0.3 is 15.4 Å². The van der Waals surface area contributed by atoms with E-state index >= 15 is 0 Å². The molecule has 0 unspecified atom stereocenters. The molecule has 3 N–H and O–H groups in total. The molecule has 2 fully saturated rings. The van der Waals surface area contributed by atoms with E-state index in [1.807, 2.05) is 37.3 Å². The van der Waals surface area contributed by atoms with E-state index in [1.165, 1.54) is 0 Å². The van der Waals surface area contributed by atoms with E-state index in [1.54, 1.807) is 11.1 Å². The van der Waals surface area contributed by atoms with Crippen LogP contribution in [0, 0.1) is 5.41 Å². The summed E-state index contributed by atoms with van der Waals surface area (Å²) >= 11 is 6.83. The van der Waals surface area contributed by atoms with Crippen LogP contribution in [-0.2, 0) is 20.5 Å². The fourth-order valence-corrected chi connectivity index (χ4v) is 4.87. The summed E-state index contributed by atoms with van der Waals surface area (Å²) < 4.78 is 5.41. The minimum Gasteiger partial charge on any atom is -0.381 e. The minimum absolute atomic E-state index is 0.00263. The summed E-state index contributed by atoms with van der Waals surface area (Å²) in [6.07, 6.45) is 3.51. The van der Waals surface area contributed by atoms with Crippen molar-refractivity contribution in [1.82, 2.24) is 15.2 Å². The summed E-state index contributed by atoms with van der Waals surface area (Å²) in [6, 6.07) is 9.72. The van der Waals surface area contributed by atoms with Gasteiger partial charge in [0.25, 0.3) is 0 Å². The smallest absolute Gasteiger partial charge is 0.232 e. The predicted molar refractivity (Wildman–Crippen MR) is 131 cm³/mol. The summed E-state index contributed by atoms with van der Waals surface area (Å²) in [5, 5.41) is 15.7. The number of ether oxygens (including phenoxy) is 1. The van der Waals surface area contributed by atoms with Crippen molar-refractivity contribution in [3.63, 3.8) is 0 Å². The first-order chi connectivity index (χ1) is 15.6. The van der Waals surface area contributed by atoms with E-state index in [-0.39, 0.29) is 29.7 Å². The van der Waals surface area contributed by atoms with E-state index in [9.17, 15) is 4.79 Å². The number of hydrogen-bond donors (Lipinski definition) is 3. The van der Waals surface area contributed by atoms with Crippen LogP contribution in [0.25, 0.3) is 0 Å². The van der Waals surface area contributed by atoms with Gasteiger partial charge in [0.15, 0.2) is 5.96 Å². The molecule has 8 heteroatoms. The van der Waals surface area contributed by atoms with Crippen molar-refractivity contribution in [3.05, 3.63) is 52.8 Å². The number of nitrogens with zero attached hydrogens (tertiary/aromatic N) is 2. The zero-order valence-electron chi connectivity index (χ0n) is 19.7. The number of aromatic nitrogens is 1. The van der Waals surface area contributed by atoms with Gasteiger partial charge in [0.05, 0.1) is 34.6 Å².